The van der Waals surface area contributed by atoms with E-state index in [1.165, 1.54) is 0 Å². The molecule has 2 aliphatic rings. The first-order chi connectivity index (χ1) is 14.2. The average molecular weight is 385 g/mol. The van der Waals surface area contributed by atoms with E-state index in [9.17, 15) is 10.1 Å². The number of nitro benzene ring substituents is 1. The van der Waals surface area contributed by atoms with E-state index < -0.39 is 0 Å². The van der Waals surface area contributed by atoms with Gasteiger partial charge in [-0.3, -0.25) is 20.0 Å². The normalized spacial score (nSPS) is 24.5. The summed E-state index contributed by atoms with van der Waals surface area (Å²) in [6.07, 6.45) is -0.0821. The zero-order valence-electron chi connectivity index (χ0n) is 15.8. The molecule has 0 saturated carbocycles. The lowest BCUT2D eigenvalue weighted by molar-refractivity contribution is -0.384. The Balaban J connectivity index is 1.51. The van der Waals surface area contributed by atoms with Gasteiger partial charge >= 0.3 is 0 Å². The Kier molecular flexibility index (Phi) is 4.14. The monoisotopic (exact) mass is 385 g/mol. The van der Waals surface area contributed by atoms with Crippen molar-refractivity contribution in [3.63, 3.8) is 0 Å². The fraction of sp³-hybridized carbons (Fsp3) is 0.174. The van der Waals surface area contributed by atoms with E-state index in [0.29, 0.717) is 0 Å². The number of benzene rings is 3. The summed E-state index contributed by atoms with van der Waals surface area (Å²) < 4.78 is 5.28. The van der Waals surface area contributed by atoms with Crippen LogP contribution in [0.4, 0.5) is 5.69 Å². The molecule has 0 radical (unpaired) electrons. The van der Waals surface area contributed by atoms with Crippen LogP contribution in [0.3, 0.4) is 0 Å². The van der Waals surface area contributed by atoms with E-state index >= 15 is 0 Å². The predicted molar refractivity (Wildman–Crippen MR) is 110 cm³/mol. The predicted octanol–water partition coefficient (Wildman–Crippen LogP) is 4.53. The minimum Gasteiger partial charge on any atom is -0.497 e. The first-order valence-corrected chi connectivity index (χ1v) is 9.46. The second-order valence-electron chi connectivity index (χ2n) is 7.21. The molecule has 6 nitrogen and oxygen atoms in total. The molecule has 29 heavy (non-hydrogen) atoms. The lowest BCUT2D eigenvalue weighted by Crippen LogP contribution is -2.08. The van der Waals surface area contributed by atoms with E-state index in [1.807, 2.05) is 54.6 Å². The van der Waals surface area contributed by atoms with Gasteiger partial charge in [0.25, 0.3) is 5.69 Å². The van der Waals surface area contributed by atoms with Crippen molar-refractivity contribution in [1.82, 2.24) is 4.90 Å². The van der Waals surface area contributed by atoms with Gasteiger partial charge in [-0.05, 0) is 28.8 Å². The number of nitrogens with zero attached hydrogens (tertiary/aromatic N) is 3. The van der Waals surface area contributed by atoms with Gasteiger partial charge in [-0.1, -0.05) is 54.6 Å². The van der Waals surface area contributed by atoms with Crippen LogP contribution >= 0.6 is 0 Å². The van der Waals surface area contributed by atoms with Gasteiger partial charge in [0.2, 0.25) is 0 Å². The van der Waals surface area contributed by atoms with Crippen LogP contribution in [-0.4, -0.2) is 28.7 Å². The molecular formula is C23H19N3O3. The molecule has 0 amide bonds. The molecule has 1 saturated heterocycles. The molecule has 6 heteroatoms. The van der Waals surface area contributed by atoms with Crippen molar-refractivity contribution in [1.29, 1.82) is 0 Å². The van der Waals surface area contributed by atoms with Crippen LogP contribution in [0.2, 0.25) is 0 Å². The SMILES string of the molecule is COc1ccc(C2N=C(c3ccccc3)C3C(c4ccc([N+](=O)[O-])cc4)N23)cc1. The Bertz CT molecular complexity index is 1080. The maximum absolute atomic E-state index is 11.0. The van der Waals surface area contributed by atoms with E-state index in [0.717, 1.165) is 28.2 Å². The topological polar surface area (TPSA) is 67.7 Å². The third kappa shape index (κ3) is 2.98. The number of aliphatic imine (C=N–C) groups is 1. The minimum atomic E-state index is -0.366. The van der Waals surface area contributed by atoms with Crippen LogP contribution < -0.4 is 4.74 Å². The highest BCUT2D eigenvalue weighted by Gasteiger charge is 2.59. The van der Waals surface area contributed by atoms with Crippen molar-refractivity contribution in [2.24, 2.45) is 4.99 Å². The summed E-state index contributed by atoms with van der Waals surface area (Å²) in [5.41, 5.74) is 4.46. The van der Waals surface area contributed by atoms with Gasteiger partial charge in [0.05, 0.1) is 29.8 Å². The smallest absolute Gasteiger partial charge is 0.269 e. The molecule has 0 bridgehead atoms. The first-order valence-electron chi connectivity index (χ1n) is 9.46. The van der Waals surface area contributed by atoms with Gasteiger partial charge < -0.3 is 4.74 Å². The van der Waals surface area contributed by atoms with Crippen molar-refractivity contribution in [2.75, 3.05) is 7.11 Å². The van der Waals surface area contributed by atoms with E-state index in [1.54, 1.807) is 19.2 Å². The van der Waals surface area contributed by atoms with Crippen LogP contribution in [0.1, 0.15) is 28.9 Å². The van der Waals surface area contributed by atoms with Gasteiger partial charge in [-0.15, -0.1) is 0 Å². The van der Waals surface area contributed by atoms with Gasteiger partial charge in [0.15, 0.2) is 0 Å². The molecule has 3 aromatic rings. The molecule has 144 valence electrons. The fourth-order valence-corrected chi connectivity index (χ4v) is 4.14. The second kappa shape index (κ2) is 6.83. The van der Waals surface area contributed by atoms with Crippen LogP contribution in [-0.2, 0) is 0 Å². The highest BCUT2D eigenvalue weighted by molar-refractivity contribution is 6.08. The maximum Gasteiger partial charge on any atom is 0.269 e. The van der Waals surface area contributed by atoms with Crippen LogP contribution in [0, 0.1) is 10.1 Å². The van der Waals surface area contributed by atoms with E-state index in [-0.39, 0.29) is 28.9 Å². The third-order valence-corrected chi connectivity index (χ3v) is 5.60. The van der Waals surface area contributed by atoms with Crippen molar-refractivity contribution >= 4 is 11.4 Å². The number of methoxy groups -OCH3 is 1. The Morgan fingerprint density at radius 1 is 0.897 bits per heavy atom. The molecule has 5 rings (SSSR count). The lowest BCUT2D eigenvalue weighted by Gasteiger charge is -2.15. The Morgan fingerprint density at radius 2 is 1.55 bits per heavy atom. The Hall–Kier alpha value is -3.51. The van der Waals surface area contributed by atoms with E-state index in [2.05, 4.69) is 17.0 Å². The van der Waals surface area contributed by atoms with E-state index in [4.69, 9.17) is 9.73 Å². The molecule has 2 aliphatic heterocycles. The summed E-state index contributed by atoms with van der Waals surface area (Å²) >= 11 is 0. The summed E-state index contributed by atoms with van der Waals surface area (Å²) in [6, 6.07) is 25.4. The number of ether oxygens (including phenoxy) is 1. The highest BCUT2D eigenvalue weighted by atomic mass is 16.6. The molecule has 0 spiro atoms. The zero-order chi connectivity index (χ0) is 20.0. The first kappa shape index (κ1) is 17.6. The number of hydrogen-bond acceptors (Lipinski definition) is 5. The molecule has 3 aromatic carbocycles. The van der Waals surface area contributed by atoms with Crippen molar-refractivity contribution in [2.45, 2.75) is 18.2 Å². The highest BCUT2D eigenvalue weighted by Crippen LogP contribution is 2.55. The number of non-ortho nitro benzene ring substituents is 1. The minimum absolute atomic E-state index is 0.0821. The number of nitro groups is 1. The van der Waals surface area contributed by atoms with Gasteiger partial charge in [-0.25, -0.2) is 0 Å². The number of hydrogen-bond donors (Lipinski definition) is 0. The quantitative estimate of drug-likeness (QED) is 0.368. The lowest BCUT2D eigenvalue weighted by atomic mass is 10.0. The van der Waals surface area contributed by atoms with Gasteiger partial charge in [0, 0.05) is 12.1 Å². The molecule has 4 unspecified atom stereocenters. The summed E-state index contributed by atoms with van der Waals surface area (Å²) in [7, 11) is 1.65. The molecular weight excluding hydrogens is 366 g/mol. The summed E-state index contributed by atoms with van der Waals surface area (Å²) in [6.45, 7) is 0. The van der Waals surface area contributed by atoms with Gasteiger partial charge in [-0.2, -0.15) is 0 Å². The molecule has 2 heterocycles. The van der Waals surface area contributed by atoms with Crippen LogP contribution in [0.5, 0.6) is 5.75 Å². The Morgan fingerprint density at radius 3 is 2.17 bits per heavy atom. The molecule has 1 fully saturated rings. The number of fused-ring (bicyclic) bond motifs is 1. The summed E-state index contributed by atoms with van der Waals surface area (Å²) in [4.78, 5) is 18.0. The zero-order valence-corrected chi connectivity index (χ0v) is 15.8. The molecule has 0 aliphatic carbocycles. The standard InChI is InChI=1S/C23H19N3O3/c1-29-19-13-9-17(10-14-19)23-24-20(15-5-3-2-4-6-15)22-21(25(22)23)16-7-11-18(12-8-16)26(27)28/h2-14,21-23H,1H3. The maximum atomic E-state index is 11.0. The molecule has 0 aromatic heterocycles. The third-order valence-electron chi connectivity index (χ3n) is 5.60. The largest absolute Gasteiger partial charge is 0.497 e. The van der Waals surface area contributed by atoms with Crippen LogP contribution in [0.25, 0.3) is 0 Å². The van der Waals surface area contributed by atoms with Crippen molar-refractivity contribution in [3.05, 3.63) is 106 Å². The van der Waals surface area contributed by atoms with Crippen molar-refractivity contribution < 1.29 is 9.66 Å². The van der Waals surface area contributed by atoms with Crippen LogP contribution in [0.15, 0.2) is 83.9 Å². The molecule has 0 N–H and O–H groups in total. The van der Waals surface area contributed by atoms with Crippen molar-refractivity contribution in [3.8, 4) is 5.75 Å². The fourth-order valence-electron chi connectivity index (χ4n) is 4.14. The molecule has 4 atom stereocenters. The summed E-state index contributed by atoms with van der Waals surface area (Å²) in [5, 5.41) is 11.0. The Labute approximate surface area is 168 Å². The average Bonchev–Trinajstić information content (AvgIpc) is 3.38. The summed E-state index contributed by atoms with van der Waals surface area (Å²) in [5.74, 6) is 0.813. The second-order valence-corrected chi connectivity index (χ2v) is 7.21. The number of rotatable bonds is 5. The van der Waals surface area contributed by atoms with Gasteiger partial charge in [0.1, 0.15) is 11.9 Å².